The van der Waals surface area contributed by atoms with Gasteiger partial charge in [0.15, 0.2) is 11.5 Å². The molecule has 3 N–H and O–H groups in total. The van der Waals surface area contributed by atoms with Gasteiger partial charge in [-0.05, 0) is 48.4 Å². The molecular formula is C24H20N8O. The van der Waals surface area contributed by atoms with E-state index >= 15 is 0 Å². The molecule has 0 atom stereocenters. The molecule has 0 spiro atoms. The summed E-state index contributed by atoms with van der Waals surface area (Å²) < 4.78 is 1.96. The van der Waals surface area contributed by atoms with Crippen LogP contribution >= 0.6 is 0 Å². The molecule has 1 aromatic carbocycles. The predicted molar refractivity (Wildman–Crippen MR) is 124 cm³/mol. The Hall–Kier alpha value is -4.66. The first-order chi connectivity index (χ1) is 16.1. The highest BCUT2D eigenvalue weighted by molar-refractivity contribution is 5.93. The van der Waals surface area contributed by atoms with Gasteiger partial charge in [-0.3, -0.25) is 9.36 Å². The number of hydrogen-bond acceptors (Lipinski definition) is 7. The molecule has 9 heteroatoms. The Balaban J connectivity index is 1.48. The largest absolute Gasteiger partial charge is 0.383 e. The van der Waals surface area contributed by atoms with Crippen molar-refractivity contribution in [3.63, 3.8) is 0 Å². The fourth-order valence-corrected chi connectivity index (χ4v) is 3.56. The molecule has 162 valence electrons. The summed E-state index contributed by atoms with van der Waals surface area (Å²) in [7, 11) is 0. The predicted octanol–water partition coefficient (Wildman–Crippen LogP) is 3.09. The summed E-state index contributed by atoms with van der Waals surface area (Å²) in [6.45, 7) is 2.35. The number of carbonyl (C=O) groups is 1. The Labute approximate surface area is 189 Å². The summed E-state index contributed by atoms with van der Waals surface area (Å²) in [5, 5.41) is 2.87. The van der Waals surface area contributed by atoms with Gasteiger partial charge in [0.2, 0.25) is 0 Å². The van der Waals surface area contributed by atoms with E-state index in [4.69, 9.17) is 10.7 Å². The molecule has 0 saturated heterocycles. The van der Waals surface area contributed by atoms with E-state index in [1.54, 1.807) is 6.20 Å². The minimum Gasteiger partial charge on any atom is -0.383 e. The summed E-state index contributed by atoms with van der Waals surface area (Å²) in [6, 6.07) is 13.5. The molecule has 0 bridgehead atoms. The number of imidazole rings is 1. The number of rotatable bonds is 5. The third kappa shape index (κ3) is 3.99. The Kier molecular flexibility index (Phi) is 5.19. The number of nitrogen functional groups attached to an aromatic ring is 1. The van der Waals surface area contributed by atoms with Crippen LogP contribution in [-0.4, -0.2) is 35.4 Å². The fourth-order valence-electron chi connectivity index (χ4n) is 3.56. The van der Waals surface area contributed by atoms with Crippen molar-refractivity contribution in [2.24, 2.45) is 0 Å². The zero-order valence-electron chi connectivity index (χ0n) is 17.8. The molecule has 1 amide bonds. The van der Waals surface area contributed by atoms with Gasteiger partial charge in [-0.2, -0.15) is 0 Å². The maximum Gasteiger partial charge on any atom is 0.254 e. The van der Waals surface area contributed by atoms with Crippen LogP contribution in [0.2, 0.25) is 0 Å². The van der Waals surface area contributed by atoms with Gasteiger partial charge in [-0.25, -0.2) is 24.9 Å². The maximum atomic E-state index is 12.2. The molecule has 0 unspecified atom stereocenters. The van der Waals surface area contributed by atoms with Gasteiger partial charge in [0.25, 0.3) is 5.91 Å². The maximum absolute atomic E-state index is 12.2. The smallest absolute Gasteiger partial charge is 0.254 e. The molecule has 9 nitrogen and oxygen atoms in total. The number of aromatic nitrogens is 6. The Morgan fingerprint density at radius 3 is 2.61 bits per heavy atom. The number of benzene rings is 1. The molecule has 4 aromatic heterocycles. The van der Waals surface area contributed by atoms with Gasteiger partial charge in [-0.15, -0.1) is 0 Å². The van der Waals surface area contributed by atoms with Crippen molar-refractivity contribution in [3.8, 4) is 17.1 Å². The summed E-state index contributed by atoms with van der Waals surface area (Å²) in [5.41, 5.74) is 11.6. The van der Waals surface area contributed by atoms with Crippen molar-refractivity contribution in [3.05, 3.63) is 90.3 Å². The number of anilines is 1. The van der Waals surface area contributed by atoms with Crippen LogP contribution in [-0.2, 0) is 6.54 Å². The second-order valence-electron chi connectivity index (χ2n) is 7.54. The molecular weight excluding hydrogens is 416 g/mol. The topological polar surface area (TPSA) is 124 Å². The van der Waals surface area contributed by atoms with Gasteiger partial charge in [0.1, 0.15) is 17.7 Å². The second kappa shape index (κ2) is 8.46. The first-order valence-corrected chi connectivity index (χ1v) is 10.3. The van der Waals surface area contributed by atoms with Crippen molar-refractivity contribution in [1.82, 2.24) is 34.8 Å². The molecule has 0 radical (unpaired) electrons. The number of nitrogens with one attached hydrogen (secondary N) is 1. The third-order valence-electron chi connectivity index (χ3n) is 5.18. The second-order valence-corrected chi connectivity index (χ2v) is 7.54. The van der Waals surface area contributed by atoms with Crippen molar-refractivity contribution < 1.29 is 4.79 Å². The van der Waals surface area contributed by atoms with Crippen LogP contribution in [0.4, 0.5) is 5.82 Å². The highest BCUT2D eigenvalue weighted by atomic mass is 16.1. The first kappa shape index (κ1) is 20.3. The Morgan fingerprint density at radius 2 is 1.85 bits per heavy atom. The highest BCUT2D eigenvalue weighted by Gasteiger charge is 2.18. The third-order valence-corrected chi connectivity index (χ3v) is 5.18. The molecule has 0 aliphatic rings. The van der Waals surface area contributed by atoms with E-state index in [2.05, 4.69) is 25.3 Å². The van der Waals surface area contributed by atoms with Gasteiger partial charge in [0, 0.05) is 37.0 Å². The molecule has 0 aliphatic heterocycles. The summed E-state index contributed by atoms with van der Waals surface area (Å²) in [5.74, 6) is 0.836. The molecule has 33 heavy (non-hydrogen) atoms. The number of pyridine rings is 2. The zero-order valence-corrected chi connectivity index (χ0v) is 17.8. The molecule has 5 aromatic rings. The summed E-state index contributed by atoms with van der Waals surface area (Å²) >= 11 is 0. The highest BCUT2D eigenvalue weighted by Crippen LogP contribution is 2.30. The van der Waals surface area contributed by atoms with Crippen molar-refractivity contribution in [2.45, 2.75) is 13.5 Å². The number of carbonyl (C=O) groups excluding carboxylic acids is 1. The van der Waals surface area contributed by atoms with E-state index < -0.39 is 0 Å². The monoisotopic (exact) mass is 436 g/mol. The average molecular weight is 436 g/mol. The number of fused-ring (bicyclic) bond motifs is 1. The van der Waals surface area contributed by atoms with Gasteiger partial charge in [0.05, 0.1) is 11.1 Å². The van der Waals surface area contributed by atoms with E-state index in [0.717, 1.165) is 33.5 Å². The standard InChI is InChI=1S/C24H20N8O/c1-15-9-20-23(29-10-15)32(22(31-20)19-3-2-8-28-21(19)25)18-6-4-16(5-7-18)11-30-24(33)17-12-26-14-27-13-17/h2-10,12-14H,11H2,1H3,(H2,25,28)(H,30,33). The van der Waals surface area contributed by atoms with Crippen LogP contribution in [0.15, 0.2) is 73.6 Å². The van der Waals surface area contributed by atoms with Gasteiger partial charge < -0.3 is 11.1 Å². The van der Waals surface area contributed by atoms with Crippen LogP contribution in [0.3, 0.4) is 0 Å². The van der Waals surface area contributed by atoms with Gasteiger partial charge >= 0.3 is 0 Å². The Morgan fingerprint density at radius 1 is 1.06 bits per heavy atom. The van der Waals surface area contributed by atoms with E-state index in [0.29, 0.717) is 23.8 Å². The normalized spacial score (nSPS) is 10.9. The van der Waals surface area contributed by atoms with Gasteiger partial charge in [-0.1, -0.05) is 12.1 Å². The van der Waals surface area contributed by atoms with Crippen LogP contribution in [0.25, 0.3) is 28.2 Å². The SMILES string of the molecule is Cc1cnc2c(c1)nc(-c1cccnc1N)n2-c1ccc(CNC(=O)c2cncnc2)cc1. The number of nitrogens with two attached hydrogens (primary N) is 1. The molecule has 0 aliphatic carbocycles. The number of nitrogens with zero attached hydrogens (tertiary/aromatic N) is 6. The lowest BCUT2D eigenvalue weighted by atomic mass is 10.2. The first-order valence-electron chi connectivity index (χ1n) is 10.3. The van der Waals surface area contributed by atoms with Crippen molar-refractivity contribution in [1.29, 1.82) is 0 Å². The lowest BCUT2D eigenvalue weighted by Gasteiger charge is -2.11. The quantitative estimate of drug-likeness (QED) is 0.434. The summed E-state index contributed by atoms with van der Waals surface area (Å²) in [6.07, 6.45) is 7.82. The minimum atomic E-state index is -0.228. The Bertz CT molecular complexity index is 1450. The fraction of sp³-hybridized carbons (Fsp3) is 0.0833. The van der Waals surface area contributed by atoms with Crippen LogP contribution in [0.1, 0.15) is 21.5 Å². The van der Waals surface area contributed by atoms with Crippen LogP contribution in [0.5, 0.6) is 0 Å². The van der Waals surface area contributed by atoms with Crippen LogP contribution < -0.4 is 11.1 Å². The number of hydrogen-bond donors (Lipinski definition) is 2. The zero-order chi connectivity index (χ0) is 22.8. The lowest BCUT2D eigenvalue weighted by Crippen LogP contribution is -2.23. The average Bonchev–Trinajstić information content (AvgIpc) is 3.22. The van der Waals surface area contributed by atoms with E-state index in [1.807, 2.05) is 60.2 Å². The minimum absolute atomic E-state index is 0.228. The number of aryl methyl sites for hydroxylation is 1. The van der Waals surface area contributed by atoms with E-state index in [1.165, 1.54) is 18.7 Å². The molecule has 0 saturated carbocycles. The molecule has 0 fully saturated rings. The number of amides is 1. The van der Waals surface area contributed by atoms with Crippen molar-refractivity contribution in [2.75, 3.05) is 5.73 Å². The lowest BCUT2D eigenvalue weighted by molar-refractivity contribution is 0.0950. The van der Waals surface area contributed by atoms with Crippen molar-refractivity contribution >= 4 is 22.9 Å². The summed E-state index contributed by atoms with van der Waals surface area (Å²) in [4.78, 5) is 33.6. The molecule has 4 heterocycles. The van der Waals surface area contributed by atoms with Crippen LogP contribution in [0, 0.1) is 6.92 Å². The van der Waals surface area contributed by atoms with E-state index in [-0.39, 0.29) is 5.91 Å². The molecule has 5 rings (SSSR count). The van der Waals surface area contributed by atoms with E-state index in [9.17, 15) is 4.79 Å².